The molecule has 1 fully saturated rings. The highest BCUT2D eigenvalue weighted by atomic mass is 17.1. The quantitative estimate of drug-likeness (QED) is 0.415. The fourth-order valence-electron chi connectivity index (χ4n) is 2.17. The van der Waals surface area contributed by atoms with Gasteiger partial charge in [-0.15, -0.1) is 0 Å². The fourth-order valence-corrected chi connectivity index (χ4v) is 2.17. The lowest BCUT2D eigenvalue weighted by atomic mass is 9.71. The summed E-state index contributed by atoms with van der Waals surface area (Å²) >= 11 is 0. The van der Waals surface area contributed by atoms with E-state index in [0.717, 1.165) is 32.1 Å². The highest BCUT2D eigenvalue weighted by Gasteiger charge is 2.38. The van der Waals surface area contributed by atoms with Crippen molar-refractivity contribution in [1.29, 1.82) is 0 Å². The maximum Gasteiger partial charge on any atom is 0.304 e. The lowest BCUT2D eigenvalue weighted by molar-refractivity contribution is -0.222. The van der Waals surface area contributed by atoms with Crippen molar-refractivity contribution in [2.24, 2.45) is 5.41 Å². The SMILES string of the molecule is C=C(OO)C1(CC(=O)O)CCCCC1. The molecule has 0 aromatic heterocycles. The van der Waals surface area contributed by atoms with Gasteiger partial charge in [-0.05, 0) is 12.8 Å². The molecule has 4 heteroatoms. The Morgan fingerprint density at radius 3 is 2.36 bits per heavy atom. The lowest BCUT2D eigenvalue weighted by Gasteiger charge is -2.35. The Kier molecular flexibility index (Phi) is 3.52. The van der Waals surface area contributed by atoms with Gasteiger partial charge in [0, 0.05) is 5.41 Å². The molecular weight excluding hydrogens is 184 g/mol. The maximum absolute atomic E-state index is 10.7. The van der Waals surface area contributed by atoms with Gasteiger partial charge < -0.3 is 9.99 Å². The van der Waals surface area contributed by atoms with Crippen LogP contribution < -0.4 is 0 Å². The van der Waals surface area contributed by atoms with Crippen molar-refractivity contribution in [3.05, 3.63) is 12.3 Å². The molecule has 0 aromatic rings. The first-order valence-electron chi connectivity index (χ1n) is 4.83. The minimum absolute atomic E-state index is 0.00755. The molecule has 0 bridgehead atoms. The van der Waals surface area contributed by atoms with Gasteiger partial charge in [0.05, 0.1) is 6.42 Å². The molecule has 0 amide bonds. The first kappa shape index (κ1) is 11.0. The van der Waals surface area contributed by atoms with Gasteiger partial charge >= 0.3 is 5.97 Å². The standard InChI is InChI=1S/C10H16O4/c1-8(14-13)10(7-9(11)12)5-3-2-4-6-10/h13H,1-7H2,(H,11,12). The van der Waals surface area contributed by atoms with Gasteiger partial charge in [-0.3, -0.25) is 4.79 Å². The molecule has 0 unspecified atom stereocenters. The van der Waals surface area contributed by atoms with E-state index in [1.54, 1.807) is 0 Å². The molecule has 1 saturated carbocycles. The fraction of sp³-hybridized carbons (Fsp3) is 0.700. The van der Waals surface area contributed by atoms with Gasteiger partial charge in [0.2, 0.25) is 0 Å². The van der Waals surface area contributed by atoms with Gasteiger partial charge in [0.25, 0.3) is 0 Å². The number of carboxylic acids is 1. The third kappa shape index (κ3) is 2.26. The average Bonchev–Trinajstić information content (AvgIpc) is 2.17. The van der Waals surface area contributed by atoms with Gasteiger partial charge in [-0.25, -0.2) is 5.26 Å². The second kappa shape index (κ2) is 4.46. The van der Waals surface area contributed by atoms with Crippen LogP contribution in [0.25, 0.3) is 0 Å². The molecule has 2 N–H and O–H groups in total. The summed E-state index contributed by atoms with van der Waals surface area (Å²) in [6.07, 6.45) is 4.51. The van der Waals surface area contributed by atoms with Crippen LogP contribution in [0, 0.1) is 5.41 Å². The summed E-state index contributed by atoms with van der Waals surface area (Å²) in [5.74, 6) is -0.676. The van der Waals surface area contributed by atoms with Gasteiger partial charge in [0.1, 0.15) is 5.76 Å². The summed E-state index contributed by atoms with van der Waals surface area (Å²) in [6, 6.07) is 0. The van der Waals surface area contributed by atoms with Crippen LogP contribution in [0.2, 0.25) is 0 Å². The van der Waals surface area contributed by atoms with Crippen LogP contribution >= 0.6 is 0 Å². The van der Waals surface area contributed by atoms with Crippen molar-refractivity contribution >= 4 is 5.97 Å². The number of rotatable bonds is 4. The van der Waals surface area contributed by atoms with Crippen molar-refractivity contribution in [3.8, 4) is 0 Å². The van der Waals surface area contributed by atoms with E-state index in [-0.39, 0.29) is 12.2 Å². The topological polar surface area (TPSA) is 66.8 Å². The minimum Gasteiger partial charge on any atom is -0.481 e. The van der Waals surface area contributed by atoms with E-state index < -0.39 is 11.4 Å². The Bertz CT molecular complexity index is 228. The number of aliphatic carboxylic acids is 1. The molecule has 1 aliphatic carbocycles. The van der Waals surface area contributed by atoms with Crippen LogP contribution in [0.5, 0.6) is 0 Å². The summed E-state index contributed by atoms with van der Waals surface area (Å²) in [5, 5.41) is 17.4. The Morgan fingerprint density at radius 2 is 1.93 bits per heavy atom. The molecule has 0 saturated heterocycles. The molecule has 1 rings (SSSR count). The second-order valence-corrected chi connectivity index (χ2v) is 3.93. The molecule has 0 heterocycles. The zero-order chi connectivity index (χ0) is 10.6. The summed E-state index contributed by atoms with van der Waals surface area (Å²) in [4.78, 5) is 14.9. The van der Waals surface area contributed by atoms with E-state index in [1.807, 2.05) is 0 Å². The van der Waals surface area contributed by atoms with Crippen LogP contribution in [-0.4, -0.2) is 16.3 Å². The molecule has 14 heavy (non-hydrogen) atoms. The Hall–Kier alpha value is -1.03. The summed E-state index contributed by atoms with van der Waals surface area (Å²) in [7, 11) is 0. The number of hydrogen-bond donors (Lipinski definition) is 2. The number of allylic oxidation sites excluding steroid dienone is 1. The molecular formula is C10H16O4. The van der Waals surface area contributed by atoms with Gasteiger partial charge in [-0.2, -0.15) is 0 Å². The molecule has 0 aliphatic heterocycles. The smallest absolute Gasteiger partial charge is 0.304 e. The van der Waals surface area contributed by atoms with Crippen molar-refractivity contribution in [2.45, 2.75) is 38.5 Å². The van der Waals surface area contributed by atoms with Crippen molar-refractivity contribution < 1.29 is 20.0 Å². The van der Waals surface area contributed by atoms with Crippen molar-refractivity contribution in [3.63, 3.8) is 0 Å². The predicted octanol–water partition coefficient (Wildman–Crippen LogP) is 2.41. The van der Waals surface area contributed by atoms with Crippen molar-refractivity contribution in [2.75, 3.05) is 0 Å². The van der Waals surface area contributed by atoms with E-state index in [0.29, 0.717) is 0 Å². The molecule has 0 atom stereocenters. The third-order valence-electron chi connectivity index (χ3n) is 3.00. The minimum atomic E-state index is -0.870. The lowest BCUT2D eigenvalue weighted by Crippen LogP contribution is -2.30. The first-order valence-corrected chi connectivity index (χ1v) is 4.83. The monoisotopic (exact) mass is 200 g/mol. The van der Waals surface area contributed by atoms with Crippen LogP contribution in [0.15, 0.2) is 12.3 Å². The van der Waals surface area contributed by atoms with E-state index in [9.17, 15) is 4.79 Å². The first-order chi connectivity index (χ1) is 6.60. The van der Waals surface area contributed by atoms with E-state index >= 15 is 0 Å². The Morgan fingerprint density at radius 1 is 1.36 bits per heavy atom. The predicted molar refractivity (Wildman–Crippen MR) is 50.6 cm³/mol. The number of hydrogen-bond acceptors (Lipinski definition) is 3. The summed E-state index contributed by atoms with van der Waals surface area (Å²) in [5.41, 5.74) is -0.557. The normalized spacial score (nSPS) is 20.1. The van der Waals surface area contributed by atoms with Crippen LogP contribution in [0.4, 0.5) is 0 Å². The zero-order valence-electron chi connectivity index (χ0n) is 8.16. The van der Waals surface area contributed by atoms with Crippen LogP contribution in [0.1, 0.15) is 38.5 Å². The molecule has 0 aromatic carbocycles. The third-order valence-corrected chi connectivity index (χ3v) is 3.00. The second-order valence-electron chi connectivity index (χ2n) is 3.93. The largest absolute Gasteiger partial charge is 0.481 e. The summed E-state index contributed by atoms with van der Waals surface area (Å²) in [6.45, 7) is 3.59. The number of carbonyl (C=O) groups is 1. The van der Waals surface area contributed by atoms with E-state index in [4.69, 9.17) is 10.4 Å². The highest BCUT2D eigenvalue weighted by Crippen LogP contribution is 2.44. The van der Waals surface area contributed by atoms with Gasteiger partial charge in [-0.1, -0.05) is 25.8 Å². The molecule has 80 valence electrons. The molecule has 1 aliphatic rings. The molecule has 4 nitrogen and oxygen atoms in total. The van der Waals surface area contributed by atoms with Gasteiger partial charge in [0.15, 0.2) is 0 Å². The van der Waals surface area contributed by atoms with Crippen LogP contribution in [0.3, 0.4) is 0 Å². The number of carboxylic acid groups (broad SMARTS) is 1. The van der Waals surface area contributed by atoms with Crippen molar-refractivity contribution in [1.82, 2.24) is 0 Å². The zero-order valence-corrected chi connectivity index (χ0v) is 8.16. The van der Waals surface area contributed by atoms with E-state index in [2.05, 4.69) is 11.5 Å². The van der Waals surface area contributed by atoms with E-state index in [1.165, 1.54) is 0 Å². The maximum atomic E-state index is 10.7. The van der Waals surface area contributed by atoms with Crippen LogP contribution in [-0.2, 0) is 9.68 Å². The molecule has 0 radical (unpaired) electrons. The Labute approximate surface area is 83.1 Å². The highest BCUT2D eigenvalue weighted by molar-refractivity contribution is 5.68. The molecule has 0 spiro atoms. The Balaban J connectivity index is 2.76. The average molecular weight is 200 g/mol. The summed E-state index contributed by atoms with van der Waals surface area (Å²) < 4.78 is 0.